The summed E-state index contributed by atoms with van der Waals surface area (Å²) in [5.74, 6) is 0.803. The van der Waals surface area contributed by atoms with Crippen LogP contribution in [0.25, 0.3) is 11.3 Å². The molecule has 0 unspecified atom stereocenters. The van der Waals surface area contributed by atoms with E-state index < -0.39 is 5.82 Å². The Hall–Kier alpha value is -2.08. The van der Waals surface area contributed by atoms with E-state index in [9.17, 15) is 4.39 Å². The molecule has 1 N–H and O–H groups in total. The Morgan fingerprint density at radius 1 is 1.29 bits per heavy atom. The monoisotopic (exact) mass is 290 g/mol. The number of rotatable bonds is 7. The van der Waals surface area contributed by atoms with Crippen LogP contribution in [0.3, 0.4) is 0 Å². The van der Waals surface area contributed by atoms with Crippen LogP contribution in [0, 0.1) is 5.82 Å². The third-order valence-electron chi connectivity index (χ3n) is 2.81. The van der Waals surface area contributed by atoms with Crippen LogP contribution in [0.4, 0.5) is 10.2 Å². The van der Waals surface area contributed by atoms with Crippen molar-refractivity contribution in [1.29, 1.82) is 0 Å². The molecule has 2 rings (SSSR count). The summed E-state index contributed by atoms with van der Waals surface area (Å²) < 4.78 is 19.2. The van der Waals surface area contributed by atoms with Crippen molar-refractivity contribution in [2.75, 3.05) is 18.5 Å². The van der Waals surface area contributed by atoms with Gasteiger partial charge in [0.1, 0.15) is 12.4 Å². The zero-order valence-electron chi connectivity index (χ0n) is 12.3. The highest BCUT2D eigenvalue weighted by atomic mass is 19.1. The molecule has 6 heteroatoms. The number of pyridine rings is 1. The van der Waals surface area contributed by atoms with Crippen LogP contribution in [0.2, 0.25) is 0 Å². The van der Waals surface area contributed by atoms with E-state index in [1.807, 2.05) is 6.92 Å². The van der Waals surface area contributed by atoms with Gasteiger partial charge in [0.25, 0.3) is 0 Å². The molecule has 2 heterocycles. The van der Waals surface area contributed by atoms with Gasteiger partial charge < -0.3 is 10.1 Å². The third-order valence-corrected chi connectivity index (χ3v) is 2.81. The van der Waals surface area contributed by atoms with Crippen molar-refractivity contribution in [3.05, 3.63) is 36.2 Å². The van der Waals surface area contributed by atoms with Crippen molar-refractivity contribution in [3.8, 4) is 11.3 Å². The van der Waals surface area contributed by atoms with Crippen LogP contribution in [0.5, 0.6) is 0 Å². The largest absolute Gasteiger partial charge is 0.374 e. The van der Waals surface area contributed by atoms with Crippen molar-refractivity contribution >= 4 is 5.82 Å². The van der Waals surface area contributed by atoms with Crippen molar-refractivity contribution in [1.82, 2.24) is 15.0 Å². The zero-order chi connectivity index (χ0) is 15.1. The second-order valence-corrected chi connectivity index (χ2v) is 4.47. The van der Waals surface area contributed by atoms with Gasteiger partial charge in [0.15, 0.2) is 11.6 Å². The number of nitrogens with zero attached hydrogens (tertiary/aromatic N) is 3. The second-order valence-electron chi connectivity index (χ2n) is 4.47. The van der Waals surface area contributed by atoms with Crippen LogP contribution in [0.15, 0.2) is 24.5 Å². The number of aromatic nitrogens is 3. The molecule has 0 fully saturated rings. The fourth-order valence-electron chi connectivity index (χ4n) is 1.82. The predicted molar refractivity (Wildman–Crippen MR) is 79.3 cm³/mol. The molecule has 0 bridgehead atoms. The molecule has 5 nitrogen and oxygen atoms in total. The van der Waals surface area contributed by atoms with Gasteiger partial charge in [0.05, 0.1) is 11.9 Å². The number of hydrogen-bond acceptors (Lipinski definition) is 5. The number of anilines is 1. The lowest BCUT2D eigenvalue weighted by molar-refractivity contribution is 0.128. The Morgan fingerprint density at radius 3 is 2.86 bits per heavy atom. The van der Waals surface area contributed by atoms with Gasteiger partial charge in [-0.25, -0.2) is 14.4 Å². The van der Waals surface area contributed by atoms with E-state index in [-0.39, 0.29) is 0 Å². The van der Waals surface area contributed by atoms with E-state index >= 15 is 0 Å². The maximum absolute atomic E-state index is 13.9. The van der Waals surface area contributed by atoms with Crippen LogP contribution < -0.4 is 5.32 Å². The van der Waals surface area contributed by atoms with E-state index in [1.54, 1.807) is 18.3 Å². The SMILES string of the molecule is CCCNc1cc(-c2ccncc2F)nc(COCC)n1. The van der Waals surface area contributed by atoms with Gasteiger partial charge >= 0.3 is 0 Å². The highest BCUT2D eigenvalue weighted by Crippen LogP contribution is 2.22. The Morgan fingerprint density at radius 2 is 2.14 bits per heavy atom. The molecule has 0 amide bonds. The van der Waals surface area contributed by atoms with Gasteiger partial charge in [-0.05, 0) is 19.4 Å². The molecule has 0 aliphatic carbocycles. The van der Waals surface area contributed by atoms with Gasteiger partial charge in [-0.1, -0.05) is 6.92 Å². The lowest BCUT2D eigenvalue weighted by Gasteiger charge is -2.10. The van der Waals surface area contributed by atoms with E-state index in [1.165, 1.54) is 6.20 Å². The average Bonchev–Trinajstić information content (AvgIpc) is 2.51. The minimum atomic E-state index is -0.403. The van der Waals surface area contributed by atoms with Crippen molar-refractivity contribution in [3.63, 3.8) is 0 Å². The molecule has 0 aliphatic heterocycles. The number of nitrogens with one attached hydrogen (secondary N) is 1. The lowest BCUT2D eigenvalue weighted by Crippen LogP contribution is -2.07. The highest BCUT2D eigenvalue weighted by Gasteiger charge is 2.10. The van der Waals surface area contributed by atoms with Gasteiger partial charge in [-0.2, -0.15) is 0 Å². The molecule has 0 spiro atoms. The normalized spacial score (nSPS) is 10.6. The molecule has 21 heavy (non-hydrogen) atoms. The van der Waals surface area contributed by atoms with Gasteiger partial charge in [0, 0.05) is 31.0 Å². The summed E-state index contributed by atoms with van der Waals surface area (Å²) in [6, 6.07) is 3.34. The summed E-state index contributed by atoms with van der Waals surface area (Å²) in [5, 5.41) is 3.20. The van der Waals surface area contributed by atoms with E-state index in [0.717, 1.165) is 13.0 Å². The Bertz CT molecular complexity index is 565. The number of halogens is 1. The maximum Gasteiger partial charge on any atom is 0.157 e. The van der Waals surface area contributed by atoms with Gasteiger partial charge in [-0.3, -0.25) is 4.98 Å². The van der Waals surface area contributed by atoms with Crippen LogP contribution >= 0.6 is 0 Å². The molecule has 0 atom stereocenters. The smallest absolute Gasteiger partial charge is 0.157 e. The molecule has 0 saturated carbocycles. The Kier molecular flexibility index (Phi) is 5.57. The molecular formula is C15H19FN4O. The van der Waals surface area contributed by atoms with E-state index in [0.29, 0.717) is 36.1 Å². The summed E-state index contributed by atoms with van der Waals surface area (Å²) in [6.45, 7) is 5.65. The second kappa shape index (κ2) is 7.64. The lowest BCUT2D eigenvalue weighted by atomic mass is 10.2. The summed E-state index contributed by atoms with van der Waals surface area (Å²) >= 11 is 0. The van der Waals surface area contributed by atoms with Crippen molar-refractivity contribution in [2.45, 2.75) is 26.9 Å². The average molecular weight is 290 g/mol. The van der Waals surface area contributed by atoms with Crippen LogP contribution in [-0.4, -0.2) is 28.1 Å². The Labute approximate surface area is 123 Å². The van der Waals surface area contributed by atoms with Crippen molar-refractivity contribution in [2.24, 2.45) is 0 Å². The van der Waals surface area contributed by atoms with E-state index in [2.05, 4.69) is 27.2 Å². The Balaban J connectivity index is 2.36. The number of hydrogen-bond donors (Lipinski definition) is 1. The summed E-state index contributed by atoms with van der Waals surface area (Å²) in [4.78, 5) is 12.5. The summed E-state index contributed by atoms with van der Waals surface area (Å²) in [5.41, 5.74) is 0.933. The maximum atomic E-state index is 13.9. The predicted octanol–water partition coefficient (Wildman–Crippen LogP) is 3.04. The first-order valence-electron chi connectivity index (χ1n) is 7.04. The molecule has 2 aromatic heterocycles. The quantitative estimate of drug-likeness (QED) is 0.849. The zero-order valence-corrected chi connectivity index (χ0v) is 12.3. The molecular weight excluding hydrogens is 271 g/mol. The summed E-state index contributed by atoms with van der Waals surface area (Å²) in [7, 11) is 0. The first-order valence-corrected chi connectivity index (χ1v) is 7.04. The number of ether oxygens (including phenoxy) is 1. The molecule has 0 saturated heterocycles. The van der Waals surface area contributed by atoms with Crippen LogP contribution in [-0.2, 0) is 11.3 Å². The van der Waals surface area contributed by atoms with Gasteiger partial charge in [0.2, 0.25) is 0 Å². The topological polar surface area (TPSA) is 59.9 Å². The van der Waals surface area contributed by atoms with Gasteiger partial charge in [-0.15, -0.1) is 0 Å². The van der Waals surface area contributed by atoms with Crippen molar-refractivity contribution < 1.29 is 9.13 Å². The first kappa shape index (κ1) is 15.3. The standard InChI is InChI=1S/C15H19FN4O/c1-3-6-18-14-8-13(11-5-7-17-9-12(11)16)19-15(20-14)10-21-4-2/h5,7-9H,3-4,6,10H2,1-2H3,(H,18,19,20). The summed E-state index contributed by atoms with van der Waals surface area (Å²) in [6.07, 6.45) is 3.70. The third kappa shape index (κ3) is 4.19. The highest BCUT2D eigenvalue weighted by molar-refractivity contribution is 5.62. The fourth-order valence-corrected chi connectivity index (χ4v) is 1.82. The molecule has 2 aromatic rings. The van der Waals surface area contributed by atoms with Crippen LogP contribution in [0.1, 0.15) is 26.1 Å². The molecule has 0 aromatic carbocycles. The molecule has 112 valence electrons. The minimum Gasteiger partial charge on any atom is -0.374 e. The minimum absolute atomic E-state index is 0.303. The molecule has 0 aliphatic rings. The fraction of sp³-hybridized carbons (Fsp3) is 0.400. The molecule has 0 radical (unpaired) electrons. The first-order chi connectivity index (χ1) is 10.2. The van der Waals surface area contributed by atoms with E-state index in [4.69, 9.17) is 4.74 Å².